The third kappa shape index (κ3) is 5.09. The highest BCUT2D eigenvalue weighted by Gasteiger charge is 2.41. The number of nitrogens with zero attached hydrogens (tertiary/aromatic N) is 2. The van der Waals surface area contributed by atoms with Gasteiger partial charge in [0.05, 0.1) is 0 Å². The first-order valence-corrected chi connectivity index (χ1v) is 12.9. The Morgan fingerprint density at radius 2 is 1.94 bits per heavy atom. The predicted molar refractivity (Wildman–Crippen MR) is 130 cm³/mol. The molecule has 1 amide bonds. The summed E-state index contributed by atoms with van der Waals surface area (Å²) in [5.74, 6) is -0.219. The van der Waals surface area contributed by atoms with Crippen LogP contribution in [-0.2, 0) is 28.0 Å². The van der Waals surface area contributed by atoms with E-state index < -0.39 is 21.9 Å². The molecule has 2 aromatic carbocycles. The molecule has 1 fully saturated rings. The van der Waals surface area contributed by atoms with E-state index in [0.717, 1.165) is 15.4 Å². The van der Waals surface area contributed by atoms with E-state index in [-0.39, 0.29) is 29.7 Å². The van der Waals surface area contributed by atoms with Gasteiger partial charge in [-0.3, -0.25) is 9.78 Å². The molecule has 0 aliphatic carbocycles. The average Bonchev–Trinajstić information content (AvgIpc) is 3.55. The minimum atomic E-state index is -4.07. The Morgan fingerprint density at radius 3 is 2.78 bits per heavy atom. The fourth-order valence-corrected chi connectivity index (χ4v) is 5.83. The molecular formula is C26H24FN3O5S. The second-order valence-corrected chi connectivity index (χ2v) is 10.4. The zero-order valence-electron chi connectivity index (χ0n) is 19.3. The number of amides is 1. The van der Waals surface area contributed by atoms with Crippen molar-refractivity contribution in [2.24, 2.45) is 0 Å². The van der Waals surface area contributed by atoms with Gasteiger partial charge in [0.25, 0.3) is 10.0 Å². The summed E-state index contributed by atoms with van der Waals surface area (Å²) in [4.78, 5) is 17.0. The lowest BCUT2D eigenvalue weighted by atomic mass is 10.2. The van der Waals surface area contributed by atoms with Crippen LogP contribution in [-0.4, -0.2) is 36.2 Å². The molecule has 0 unspecified atom stereocenters. The van der Waals surface area contributed by atoms with Gasteiger partial charge in [0.15, 0.2) is 0 Å². The second-order valence-electron chi connectivity index (χ2n) is 8.53. The number of benzene rings is 2. The van der Waals surface area contributed by atoms with E-state index in [2.05, 4.69) is 10.3 Å². The number of sulfonamides is 1. The molecule has 4 aromatic rings. The van der Waals surface area contributed by atoms with Crippen LogP contribution >= 0.6 is 0 Å². The van der Waals surface area contributed by atoms with Gasteiger partial charge in [-0.1, -0.05) is 12.1 Å². The van der Waals surface area contributed by atoms with Gasteiger partial charge in [-0.2, -0.15) is 4.31 Å². The number of aromatic nitrogens is 1. The van der Waals surface area contributed by atoms with Crippen LogP contribution in [0.4, 0.5) is 4.39 Å². The Bertz CT molecular complexity index is 1490. The molecule has 2 aromatic heterocycles. The Hall–Kier alpha value is -3.76. The smallest absolute Gasteiger partial charge is 0.277 e. The predicted octanol–water partition coefficient (Wildman–Crippen LogP) is 4.02. The maximum atomic E-state index is 13.5. The van der Waals surface area contributed by atoms with Gasteiger partial charge in [0, 0.05) is 36.9 Å². The molecule has 0 bridgehead atoms. The van der Waals surface area contributed by atoms with Crippen LogP contribution in [0.15, 0.2) is 82.6 Å². The van der Waals surface area contributed by atoms with E-state index >= 15 is 0 Å². The molecule has 3 heterocycles. The van der Waals surface area contributed by atoms with Crippen molar-refractivity contribution in [3.8, 4) is 5.75 Å². The van der Waals surface area contributed by atoms with Crippen LogP contribution in [0.3, 0.4) is 0 Å². The minimum Gasteiger partial charge on any atom is -0.489 e. The van der Waals surface area contributed by atoms with E-state index in [1.54, 1.807) is 12.4 Å². The lowest BCUT2D eigenvalue weighted by Gasteiger charge is -2.22. The molecule has 186 valence electrons. The van der Waals surface area contributed by atoms with Crippen LogP contribution < -0.4 is 10.1 Å². The normalized spacial score (nSPS) is 16.3. The summed E-state index contributed by atoms with van der Waals surface area (Å²) in [5, 5.41) is 2.88. The maximum absolute atomic E-state index is 13.5. The van der Waals surface area contributed by atoms with E-state index in [0.29, 0.717) is 30.6 Å². The molecule has 5 rings (SSSR count). The lowest BCUT2D eigenvalue weighted by molar-refractivity contribution is -0.124. The highest BCUT2D eigenvalue weighted by molar-refractivity contribution is 7.89. The monoisotopic (exact) mass is 509 g/mol. The van der Waals surface area contributed by atoms with Crippen molar-refractivity contribution < 1.29 is 26.8 Å². The van der Waals surface area contributed by atoms with Crippen LogP contribution in [0.5, 0.6) is 5.75 Å². The molecule has 10 heteroatoms. The summed E-state index contributed by atoms with van der Waals surface area (Å²) in [6.07, 6.45) is 4.34. The molecule has 8 nitrogen and oxygen atoms in total. The van der Waals surface area contributed by atoms with Gasteiger partial charge in [-0.15, -0.1) is 0 Å². The summed E-state index contributed by atoms with van der Waals surface area (Å²) in [6, 6.07) is 15.3. The van der Waals surface area contributed by atoms with Crippen LogP contribution in [0.25, 0.3) is 11.0 Å². The van der Waals surface area contributed by atoms with E-state index in [1.165, 1.54) is 24.3 Å². The van der Waals surface area contributed by atoms with Crippen molar-refractivity contribution >= 4 is 26.9 Å². The summed E-state index contributed by atoms with van der Waals surface area (Å²) < 4.78 is 52.5. The lowest BCUT2D eigenvalue weighted by Crippen LogP contribution is -2.45. The zero-order chi connectivity index (χ0) is 25.1. The first-order valence-electron chi connectivity index (χ1n) is 11.5. The number of halogens is 1. The molecule has 1 aliphatic heterocycles. The van der Waals surface area contributed by atoms with Crippen LogP contribution in [0.1, 0.15) is 24.0 Å². The molecule has 0 spiro atoms. The van der Waals surface area contributed by atoms with Crippen molar-refractivity contribution in [2.75, 3.05) is 6.54 Å². The molecular weight excluding hydrogens is 485 g/mol. The number of furan rings is 1. The fraction of sp³-hybridized carbons (Fsp3) is 0.231. The SMILES string of the molecule is O=C(NCc1cccc(OCc2ccncc2)c1)[C@@H]1CCCN1S(=O)(=O)c1cc2cc(F)ccc2o1. The summed E-state index contributed by atoms with van der Waals surface area (Å²) in [7, 11) is -4.07. The highest BCUT2D eigenvalue weighted by Crippen LogP contribution is 2.30. The van der Waals surface area contributed by atoms with Gasteiger partial charge >= 0.3 is 0 Å². The number of nitrogens with one attached hydrogen (secondary N) is 1. The van der Waals surface area contributed by atoms with E-state index in [4.69, 9.17) is 9.15 Å². The second kappa shape index (κ2) is 10.1. The molecule has 36 heavy (non-hydrogen) atoms. The molecule has 1 atom stereocenters. The van der Waals surface area contributed by atoms with Crippen molar-refractivity contribution in [1.29, 1.82) is 0 Å². The Balaban J connectivity index is 1.24. The number of ether oxygens (including phenoxy) is 1. The number of fused-ring (bicyclic) bond motifs is 1. The van der Waals surface area contributed by atoms with Gasteiger partial charge in [0.2, 0.25) is 11.0 Å². The Morgan fingerprint density at radius 1 is 1.11 bits per heavy atom. The molecule has 1 saturated heterocycles. The third-order valence-corrected chi connectivity index (χ3v) is 7.81. The van der Waals surface area contributed by atoms with Crippen molar-refractivity contribution in [2.45, 2.75) is 37.1 Å². The third-order valence-electron chi connectivity index (χ3n) is 6.05. The number of pyridine rings is 1. The molecule has 1 N–H and O–H groups in total. The molecule has 0 saturated carbocycles. The van der Waals surface area contributed by atoms with Gasteiger partial charge in [-0.05, 0) is 66.4 Å². The standard InChI is InChI=1S/C26H24FN3O5S/c27-21-6-7-24-20(14-21)15-25(35-24)36(32,33)30-12-2-5-23(30)26(31)29-16-19-3-1-4-22(13-19)34-17-18-8-10-28-11-9-18/h1,3-4,6-11,13-15,23H,2,5,12,16-17H2,(H,29,31)/t23-/m0/s1. The quantitative estimate of drug-likeness (QED) is 0.385. The average molecular weight is 510 g/mol. The number of carbonyl (C=O) groups is 1. The molecule has 0 radical (unpaired) electrons. The van der Waals surface area contributed by atoms with Gasteiger partial charge in [-0.25, -0.2) is 12.8 Å². The van der Waals surface area contributed by atoms with Gasteiger partial charge in [0.1, 0.15) is 29.8 Å². The van der Waals surface area contributed by atoms with Gasteiger partial charge < -0.3 is 14.5 Å². The largest absolute Gasteiger partial charge is 0.489 e. The zero-order valence-corrected chi connectivity index (χ0v) is 20.1. The number of hydrogen-bond donors (Lipinski definition) is 1. The first-order chi connectivity index (χ1) is 17.4. The number of rotatable bonds is 8. The molecule has 1 aliphatic rings. The fourth-order valence-electron chi connectivity index (χ4n) is 4.22. The van der Waals surface area contributed by atoms with Crippen molar-refractivity contribution in [1.82, 2.24) is 14.6 Å². The summed E-state index contributed by atoms with van der Waals surface area (Å²) in [5.41, 5.74) is 2.07. The Labute approximate surface area is 207 Å². The van der Waals surface area contributed by atoms with E-state index in [1.807, 2.05) is 36.4 Å². The summed E-state index contributed by atoms with van der Waals surface area (Å²) in [6.45, 7) is 0.811. The van der Waals surface area contributed by atoms with Crippen molar-refractivity contribution in [3.05, 3.63) is 90.0 Å². The minimum absolute atomic E-state index is 0.199. The Kier molecular flexibility index (Phi) is 6.71. The number of carbonyl (C=O) groups excluding carboxylic acids is 1. The highest BCUT2D eigenvalue weighted by atomic mass is 32.2. The van der Waals surface area contributed by atoms with Crippen molar-refractivity contribution in [3.63, 3.8) is 0 Å². The van der Waals surface area contributed by atoms with Crippen LogP contribution in [0.2, 0.25) is 0 Å². The first kappa shape index (κ1) is 24.0. The summed E-state index contributed by atoms with van der Waals surface area (Å²) >= 11 is 0. The topological polar surface area (TPSA) is 102 Å². The van der Waals surface area contributed by atoms with E-state index in [9.17, 15) is 17.6 Å². The van der Waals surface area contributed by atoms with Crippen LogP contribution in [0, 0.1) is 5.82 Å². The number of hydrogen-bond acceptors (Lipinski definition) is 6. The maximum Gasteiger partial charge on any atom is 0.277 e.